The van der Waals surface area contributed by atoms with Gasteiger partial charge in [-0.05, 0) is 56.4 Å². The van der Waals surface area contributed by atoms with Crippen molar-refractivity contribution in [3.63, 3.8) is 0 Å². The Kier molecular flexibility index (Phi) is 5.05. The van der Waals surface area contributed by atoms with Gasteiger partial charge >= 0.3 is 0 Å². The van der Waals surface area contributed by atoms with Gasteiger partial charge in [0.05, 0.1) is 18.3 Å². The van der Waals surface area contributed by atoms with Crippen molar-refractivity contribution in [3.05, 3.63) is 53.9 Å². The molecular weight excluding hydrogens is 404 g/mol. The standard InChI is InChI=1S/C22H23F2N5O2/c23-14-4-6-17(24)16(11-14)19-2-1-8-28(19)20-7-9-29-21(27-20)18(12-25-29)26-22(31)13-3-5-15(30)10-13/h4,6-7,9,11-13,15,19,30H,1-3,5,8,10H2,(H,26,31). The molecule has 1 amide bonds. The second kappa shape index (κ2) is 7.88. The van der Waals surface area contributed by atoms with E-state index in [0.717, 1.165) is 18.6 Å². The number of hydrogen-bond acceptors (Lipinski definition) is 5. The Hall–Kier alpha value is -3.07. The molecule has 3 aromatic rings. The van der Waals surface area contributed by atoms with Gasteiger partial charge in [-0.15, -0.1) is 0 Å². The van der Waals surface area contributed by atoms with Crippen LogP contribution in [0.4, 0.5) is 20.3 Å². The molecule has 9 heteroatoms. The number of nitrogens with one attached hydrogen (secondary N) is 1. The maximum atomic E-state index is 14.4. The van der Waals surface area contributed by atoms with Crippen LogP contribution in [0.1, 0.15) is 43.7 Å². The average Bonchev–Trinajstić information content (AvgIpc) is 3.49. The van der Waals surface area contributed by atoms with Crippen LogP contribution in [-0.4, -0.2) is 38.3 Å². The average molecular weight is 427 g/mol. The molecule has 1 aromatic carbocycles. The Balaban J connectivity index is 1.43. The van der Waals surface area contributed by atoms with E-state index in [1.165, 1.54) is 6.07 Å². The maximum Gasteiger partial charge on any atom is 0.227 e. The minimum atomic E-state index is -0.468. The van der Waals surface area contributed by atoms with Crippen molar-refractivity contribution in [2.75, 3.05) is 16.8 Å². The number of anilines is 2. The number of nitrogens with zero attached hydrogens (tertiary/aromatic N) is 4. The molecule has 3 heterocycles. The maximum absolute atomic E-state index is 14.4. The minimum absolute atomic E-state index is 0.153. The molecule has 2 fully saturated rings. The summed E-state index contributed by atoms with van der Waals surface area (Å²) in [7, 11) is 0. The van der Waals surface area contributed by atoms with E-state index in [-0.39, 0.29) is 17.9 Å². The number of halogens is 2. The zero-order valence-corrected chi connectivity index (χ0v) is 16.8. The smallest absolute Gasteiger partial charge is 0.227 e. The number of rotatable bonds is 4. The van der Waals surface area contributed by atoms with Gasteiger partial charge in [0.15, 0.2) is 5.65 Å². The van der Waals surface area contributed by atoms with Gasteiger partial charge < -0.3 is 15.3 Å². The molecule has 2 aromatic heterocycles. The van der Waals surface area contributed by atoms with E-state index in [9.17, 15) is 18.7 Å². The molecule has 3 unspecified atom stereocenters. The molecule has 0 radical (unpaired) electrons. The molecule has 0 spiro atoms. The molecule has 2 aliphatic rings. The van der Waals surface area contributed by atoms with Gasteiger partial charge in [-0.1, -0.05) is 0 Å². The first-order chi connectivity index (χ1) is 15.0. The highest BCUT2D eigenvalue weighted by atomic mass is 19.1. The van der Waals surface area contributed by atoms with Gasteiger partial charge in [0, 0.05) is 24.2 Å². The van der Waals surface area contributed by atoms with Crippen molar-refractivity contribution in [2.24, 2.45) is 5.92 Å². The predicted molar refractivity (Wildman–Crippen MR) is 111 cm³/mol. The number of aromatic nitrogens is 3. The fraction of sp³-hybridized carbons (Fsp3) is 0.409. The van der Waals surface area contributed by atoms with E-state index in [0.29, 0.717) is 54.9 Å². The second-order valence-corrected chi connectivity index (χ2v) is 8.28. The van der Waals surface area contributed by atoms with Crippen LogP contribution < -0.4 is 10.2 Å². The van der Waals surface area contributed by atoms with Gasteiger partial charge in [-0.25, -0.2) is 18.3 Å². The third kappa shape index (κ3) is 3.74. The molecular formula is C22H23F2N5O2. The Morgan fingerprint density at radius 1 is 1.19 bits per heavy atom. The van der Waals surface area contributed by atoms with Crippen LogP contribution in [0.5, 0.6) is 0 Å². The van der Waals surface area contributed by atoms with Crippen molar-refractivity contribution in [2.45, 2.75) is 44.2 Å². The number of aliphatic hydroxyl groups is 1. The van der Waals surface area contributed by atoms with Crippen LogP contribution in [0.2, 0.25) is 0 Å². The number of carbonyl (C=O) groups excluding carboxylic acids is 1. The number of amides is 1. The molecule has 3 atom stereocenters. The predicted octanol–water partition coefficient (Wildman–Crippen LogP) is 3.45. The van der Waals surface area contributed by atoms with Crippen molar-refractivity contribution < 1.29 is 18.7 Å². The van der Waals surface area contributed by atoms with Gasteiger partial charge in [0.25, 0.3) is 0 Å². The second-order valence-electron chi connectivity index (χ2n) is 8.28. The Morgan fingerprint density at radius 2 is 2.06 bits per heavy atom. The molecule has 1 saturated heterocycles. The van der Waals surface area contributed by atoms with E-state index in [2.05, 4.69) is 15.4 Å². The SMILES string of the molecule is O=C(Nc1cnn2ccc(N3CCCC3c3cc(F)ccc3F)nc12)C1CCC(O)C1. The minimum Gasteiger partial charge on any atom is -0.393 e. The summed E-state index contributed by atoms with van der Waals surface area (Å²) in [4.78, 5) is 19.2. The number of fused-ring (bicyclic) bond motifs is 1. The lowest BCUT2D eigenvalue weighted by atomic mass is 10.0. The molecule has 31 heavy (non-hydrogen) atoms. The molecule has 0 bridgehead atoms. The summed E-state index contributed by atoms with van der Waals surface area (Å²) in [6.45, 7) is 0.666. The lowest BCUT2D eigenvalue weighted by Gasteiger charge is -2.26. The zero-order valence-electron chi connectivity index (χ0n) is 16.8. The van der Waals surface area contributed by atoms with Gasteiger partial charge in [-0.2, -0.15) is 5.10 Å². The highest BCUT2D eigenvalue weighted by molar-refractivity contribution is 5.95. The number of carbonyl (C=O) groups is 1. The van der Waals surface area contributed by atoms with Crippen molar-refractivity contribution in [3.8, 4) is 0 Å². The highest BCUT2D eigenvalue weighted by Gasteiger charge is 2.31. The Labute approximate surface area is 177 Å². The van der Waals surface area contributed by atoms with Crippen LogP contribution in [-0.2, 0) is 4.79 Å². The first-order valence-corrected chi connectivity index (χ1v) is 10.5. The summed E-state index contributed by atoms with van der Waals surface area (Å²) in [5.41, 5.74) is 1.29. The lowest BCUT2D eigenvalue weighted by molar-refractivity contribution is -0.119. The molecule has 1 saturated carbocycles. The fourth-order valence-corrected chi connectivity index (χ4v) is 4.67. The molecule has 5 rings (SSSR count). The van der Waals surface area contributed by atoms with Crippen molar-refractivity contribution >= 4 is 23.1 Å². The van der Waals surface area contributed by atoms with E-state index in [1.54, 1.807) is 23.0 Å². The molecule has 1 aliphatic heterocycles. The molecule has 1 aliphatic carbocycles. The lowest BCUT2D eigenvalue weighted by Crippen LogP contribution is -2.25. The fourth-order valence-electron chi connectivity index (χ4n) is 4.67. The Morgan fingerprint density at radius 3 is 2.87 bits per heavy atom. The molecule has 2 N–H and O–H groups in total. The van der Waals surface area contributed by atoms with Crippen LogP contribution >= 0.6 is 0 Å². The first-order valence-electron chi connectivity index (χ1n) is 10.5. The third-order valence-electron chi connectivity index (χ3n) is 6.25. The van der Waals surface area contributed by atoms with Crippen LogP contribution in [0, 0.1) is 17.6 Å². The van der Waals surface area contributed by atoms with Gasteiger partial charge in [-0.3, -0.25) is 4.79 Å². The quantitative estimate of drug-likeness (QED) is 0.667. The normalized spacial score (nSPS) is 23.6. The highest BCUT2D eigenvalue weighted by Crippen LogP contribution is 2.37. The van der Waals surface area contributed by atoms with Crippen LogP contribution in [0.25, 0.3) is 5.65 Å². The van der Waals surface area contributed by atoms with E-state index in [4.69, 9.17) is 0 Å². The van der Waals surface area contributed by atoms with Crippen molar-refractivity contribution in [1.82, 2.24) is 14.6 Å². The molecule has 7 nitrogen and oxygen atoms in total. The van der Waals surface area contributed by atoms with Crippen LogP contribution in [0.15, 0.2) is 36.7 Å². The molecule has 162 valence electrons. The number of benzene rings is 1. The first kappa shape index (κ1) is 19.9. The monoisotopic (exact) mass is 427 g/mol. The third-order valence-corrected chi connectivity index (χ3v) is 6.25. The van der Waals surface area contributed by atoms with Gasteiger partial charge in [0.1, 0.15) is 23.1 Å². The van der Waals surface area contributed by atoms with Crippen molar-refractivity contribution in [1.29, 1.82) is 0 Å². The summed E-state index contributed by atoms with van der Waals surface area (Å²) in [5, 5.41) is 16.8. The Bertz CT molecular complexity index is 1130. The van der Waals surface area contributed by atoms with E-state index in [1.807, 2.05) is 4.90 Å². The summed E-state index contributed by atoms with van der Waals surface area (Å²) >= 11 is 0. The topological polar surface area (TPSA) is 82.8 Å². The summed E-state index contributed by atoms with van der Waals surface area (Å²) in [6, 6.07) is 4.99. The summed E-state index contributed by atoms with van der Waals surface area (Å²) in [5.74, 6) is -0.669. The zero-order chi connectivity index (χ0) is 21.5. The number of aliphatic hydroxyl groups excluding tert-OH is 1. The summed E-state index contributed by atoms with van der Waals surface area (Å²) < 4.78 is 29.7. The number of hydrogen-bond donors (Lipinski definition) is 2. The largest absolute Gasteiger partial charge is 0.393 e. The van der Waals surface area contributed by atoms with E-state index >= 15 is 0 Å². The van der Waals surface area contributed by atoms with Gasteiger partial charge in [0.2, 0.25) is 5.91 Å². The van der Waals surface area contributed by atoms with E-state index < -0.39 is 17.7 Å². The summed E-state index contributed by atoms with van der Waals surface area (Å²) in [6.07, 6.45) is 6.12. The van der Waals surface area contributed by atoms with Crippen LogP contribution in [0.3, 0.4) is 0 Å².